The molecule has 0 bridgehead atoms. The summed E-state index contributed by atoms with van der Waals surface area (Å²) in [4.78, 5) is 2.24. The van der Waals surface area contributed by atoms with E-state index in [4.69, 9.17) is 0 Å². The van der Waals surface area contributed by atoms with Crippen molar-refractivity contribution >= 4 is 5.69 Å². The van der Waals surface area contributed by atoms with Crippen LogP contribution in [0.5, 0.6) is 0 Å². The molecule has 0 amide bonds. The molecule has 1 aliphatic rings. The van der Waals surface area contributed by atoms with E-state index in [9.17, 15) is 4.39 Å². The van der Waals surface area contributed by atoms with Crippen LogP contribution >= 0.6 is 0 Å². The molecule has 2 rings (SSSR count). The van der Waals surface area contributed by atoms with Crippen LogP contribution in [0, 0.1) is 5.82 Å². The topological polar surface area (TPSA) is 15.3 Å². The van der Waals surface area contributed by atoms with Crippen LogP contribution in [0.15, 0.2) is 18.2 Å². The van der Waals surface area contributed by atoms with E-state index in [1.807, 2.05) is 6.07 Å². The number of nitrogens with zero attached hydrogens (tertiary/aromatic N) is 1. The number of hydrogen-bond donors (Lipinski definition) is 1. The SMILES string of the molecule is CCCNCc1ccc(N(CC)C2CCCC2)c(F)c1. The molecule has 0 saturated heterocycles. The van der Waals surface area contributed by atoms with Gasteiger partial charge < -0.3 is 10.2 Å². The summed E-state index contributed by atoms with van der Waals surface area (Å²) in [6.45, 7) is 6.87. The lowest BCUT2D eigenvalue weighted by Gasteiger charge is -2.30. The van der Waals surface area contributed by atoms with Crippen LogP contribution in [0.3, 0.4) is 0 Å². The fourth-order valence-electron chi connectivity index (χ4n) is 3.14. The molecule has 1 aliphatic carbocycles. The predicted octanol–water partition coefficient (Wildman–Crippen LogP) is 4.09. The molecule has 0 unspecified atom stereocenters. The van der Waals surface area contributed by atoms with Crippen LogP contribution in [0.1, 0.15) is 51.5 Å². The van der Waals surface area contributed by atoms with E-state index in [0.717, 1.165) is 37.3 Å². The van der Waals surface area contributed by atoms with Gasteiger partial charge in [0.05, 0.1) is 5.69 Å². The third-order valence-electron chi connectivity index (χ3n) is 4.18. The number of halogens is 1. The molecule has 0 atom stereocenters. The van der Waals surface area contributed by atoms with Gasteiger partial charge in [0.15, 0.2) is 0 Å². The molecule has 1 N–H and O–H groups in total. The van der Waals surface area contributed by atoms with Gasteiger partial charge in [0.25, 0.3) is 0 Å². The van der Waals surface area contributed by atoms with Gasteiger partial charge in [-0.05, 0) is 50.4 Å². The molecular formula is C17H27FN2. The quantitative estimate of drug-likeness (QED) is 0.756. The third-order valence-corrected chi connectivity index (χ3v) is 4.18. The first kappa shape index (κ1) is 15.3. The highest BCUT2D eigenvalue weighted by atomic mass is 19.1. The number of rotatable bonds is 7. The second kappa shape index (κ2) is 7.63. The van der Waals surface area contributed by atoms with Crippen molar-refractivity contribution in [1.29, 1.82) is 0 Å². The Bertz CT molecular complexity index is 413. The molecular weight excluding hydrogens is 251 g/mol. The van der Waals surface area contributed by atoms with Crippen LogP contribution in [0.2, 0.25) is 0 Å². The first-order valence-corrected chi connectivity index (χ1v) is 8.02. The van der Waals surface area contributed by atoms with Crippen LogP contribution in [-0.2, 0) is 6.54 Å². The summed E-state index contributed by atoms with van der Waals surface area (Å²) in [5, 5.41) is 3.32. The monoisotopic (exact) mass is 278 g/mol. The van der Waals surface area contributed by atoms with Gasteiger partial charge in [-0.3, -0.25) is 0 Å². The van der Waals surface area contributed by atoms with Gasteiger partial charge in [-0.25, -0.2) is 4.39 Å². The summed E-state index contributed by atoms with van der Waals surface area (Å²) >= 11 is 0. The van der Waals surface area contributed by atoms with Crippen LogP contribution in [-0.4, -0.2) is 19.1 Å². The zero-order valence-electron chi connectivity index (χ0n) is 12.8. The second-order valence-corrected chi connectivity index (χ2v) is 5.69. The fraction of sp³-hybridized carbons (Fsp3) is 0.647. The van der Waals surface area contributed by atoms with Gasteiger partial charge in [-0.2, -0.15) is 0 Å². The van der Waals surface area contributed by atoms with Crippen molar-refractivity contribution in [1.82, 2.24) is 5.32 Å². The van der Waals surface area contributed by atoms with Gasteiger partial charge in [0.2, 0.25) is 0 Å². The average Bonchev–Trinajstić information content (AvgIpc) is 2.96. The van der Waals surface area contributed by atoms with E-state index in [0.29, 0.717) is 6.04 Å². The smallest absolute Gasteiger partial charge is 0.146 e. The Morgan fingerprint density at radius 1 is 1.25 bits per heavy atom. The van der Waals surface area contributed by atoms with E-state index in [1.54, 1.807) is 6.07 Å². The van der Waals surface area contributed by atoms with Gasteiger partial charge in [0, 0.05) is 19.1 Å². The lowest BCUT2D eigenvalue weighted by Crippen LogP contribution is -2.33. The summed E-state index contributed by atoms with van der Waals surface area (Å²) in [5.41, 5.74) is 1.81. The van der Waals surface area contributed by atoms with E-state index >= 15 is 0 Å². The molecule has 20 heavy (non-hydrogen) atoms. The summed E-state index contributed by atoms with van der Waals surface area (Å²) in [6.07, 6.45) is 6.07. The zero-order valence-corrected chi connectivity index (χ0v) is 12.8. The van der Waals surface area contributed by atoms with Crippen LogP contribution < -0.4 is 10.2 Å². The number of anilines is 1. The number of benzene rings is 1. The average molecular weight is 278 g/mol. The standard InChI is InChI=1S/C17H27FN2/c1-3-11-19-13-14-9-10-17(16(18)12-14)20(4-2)15-7-5-6-8-15/h9-10,12,15,19H,3-8,11,13H2,1-2H3. The Morgan fingerprint density at radius 3 is 2.60 bits per heavy atom. The maximum atomic E-state index is 14.4. The zero-order chi connectivity index (χ0) is 14.4. The molecule has 0 aromatic heterocycles. The molecule has 0 heterocycles. The van der Waals surface area contributed by atoms with E-state index in [1.165, 1.54) is 25.7 Å². The van der Waals surface area contributed by atoms with Crippen molar-refractivity contribution in [3.63, 3.8) is 0 Å². The van der Waals surface area contributed by atoms with E-state index in [2.05, 4.69) is 30.1 Å². The Kier molecular flexibility index (Phi) is 5.84. The molecule has 1 aromatic carbocycles. The fourth-order valence-corrected chi connectivity index (χ4v) is 3.14. The summed E-state index contributed by atoms with van der Waals surface area (Å²) < 4.78 is 14.4. The predicted molar refractivity (Wildman–Crippen MR) is 83.7 cm³/mol. The Balaban J connectivity index is 2.07. The molecule has 0 radical (unpaired) electrons. The Hall–Kier alpha value is -1.09. The molecule has 1 aromatic rings. The Labute approximate surface area is 122 Å². The van der Waals surface area contributed by atoms with Gasteiger partial charge in [-0.15, -0.1) is 0 Å². The van der Waals surface area contributed by atoms with Crippen molar-refractivity contribution in [2.45, 2.75) is 58.5 Å². The van der Waals surface area contributed by atoms with Crippen molar-refractivity contribution in [3.05, 3.63) is 29.6 Å². The molecule has 3 heteroatoms. The van der Waals surface area contributed by atoms with Crippen molar-refractivity contribution in [2.24, 2.45) is 0 Å². The van der Waals surface area contributed by atoms with Crippen molar-refractivity contribution < 1.29 is 4.39 Å². The van der Waals surface area contributed by atoms with Crippen LogP contribution in [0.25, 0.3) is 0 Å². The van der Waals surface area contributed by atoms with E-state index in [-0.39, 0.29) is 5.82 Å². The van der Waals surface area contributed by atoms with Crippen LogP contribution in [0.4, 0.5) is 10.1 Å². The minimum atomic E-state index is -0.0745. The first-order chi connectivity index (χ1) is 9.76. The maximum Gasteiger partial charge on any atom is 0.146 e. The van der Waals surface area contributed by atoms with Crippen molar-refractivity contribution in [2.75, 3.05) is 18.0 Å². The Morgan fingerprint density at radius 2 is 2.00 bits per heavy atom. The minimum absolute atomic E-state index is 0.0745. The molecule has 0 aliphatic heterocycles. The largest absolute Gasteiger partial charge is 0.366 e. The minimum Gasteiger partial charge on any atom is -0.366 e. The van der Waals surface area contributed by atoms with Crippen molar-refractivity contribution in [3.8, 4) is 0 Å². The molecule has 0 spiro atoms. The number of hydrogen-bond acceptors (Lipinski definition) is 2. The van der Waals surface area contributed by atoms with E-state index < -0.39 is 0 Å². The lowest BCUT2D eigenvalue weighted by molar-refractivity contribution is 0.575. The normalized spacial score (nSPS) is 15.8. The molecule has 2 nitrogen and oxygen atoms in total. The number of nitrogens with one attached hydrogen (secondary N) is 1. The molecule has 1 fully saturated rings. The van der Waals surface area contributed by atoms with Gasteiger partial charge in [0.1, 0.15) is 5.82 Å². The summed E-state index contributed by atoms with van der Waals surface area (Å²) in [7, 11) is 0. The highest BCUT2D eigenvalue weighted by Crippen LogP contribution is 2.30. The third kappa shape index (κ3) is 3.72. The van der Waals surface area contributed by atoms with Gasteiger partial charge in [-0.1, -0.05) is 25.8 Å². The summed E-state index contributed by atoms with van der Waals surface area (Å²) in [6, 6.07) is 6.23. The summed E-state index contributed by atoms with van der Waals surface area (Å²) in [5.74, 6) is -0.0745. The first-order valence-electron chi connectivity index (χ1n) is 8.02. The highest BCUT2D eigenvalue weighted by Gasteiger charge is 2.23. The maximum absolute atomic E-state index is 14.4. The lowest BCUT2D eigenvalue weighted by atomic mass is 10.1. The van der Waals surface area contributed by atoms with Gasteiger partial charge >= 0.3 is 0 Å². The molecule has 112 valence electrons. The highest BCUT2D eigenvalue weighted by molar-refractivity contribution is 5.50. The molecule has 1 saturated carbocycles. The second-order valence-electron chi connectivity index (χ2n) is 5.69.